The standard InChI is InChI=1S/C11H19N5O/c1-2-9(8-6-4-3-5-7-8)12-11(17)10-13-15-16-14-10/h8-9H,2-7H2,1H3,(H,12,17)(H,13,14,15,16). The van der Waals surface area contributed by atoms with E-state index in [1.54, 1.807) is 0 Å². The van der Waals surface area contributed by atoms with E-state index in [0.717, 1.165) is 6.42 Å². The molecule has 0 radical (unpaired) electrons. The van der Waals surface area contributed by atoms with Gasteiger partial charge in [-0.3, -0.25) is 4.79 Å². The lowest BCUT2D eigenvalue weighted by Gasteiger charge is -2.29. The van der Waals surface area contributed by atoms with Crippen molar-refractivity contribution in [2.24, 2.45) is 5.92 Å². The molecule has 6 heteroatoms. The maximum Gasteiger partial charge on any atom is 0.293 e. The van der Waals surface area contributed by atoms with Crippen molar-refractivity contribution in [1.29, 1.82) is 0 Å². The number of rotatable bonds is 4. The highest BCUT2D eigenvalue weighted by Crippen LogP contribution is 2.27. The number of hydrogen-bond acceptors (Lipinski definition) is 4. The Morgan fingerprint density at radius 1 is 1.47 bits per heavy atom. The number of tetrazole rings is 1. The van der Waals surface area contributed by atoms with Crippen LogP contribution in [0.5, 0.6) is 0 Å². The topological polar surface area (TPSA) is 83.6 Å². The van der Waals surface area contributed by atoms with Crippen molar-refractivity contribution in [1.82, 2.24) is 25.9 Å². The third kappa shape index (κ3) is 3.01. The summed E-state index contributed by atoms with van der Waals surface area (Å²) in [4.78, 5) is 11.8. The molecule has 1 aromatic rings. The molecule has 1 atom stereocenters. The van der Waals surface area contributed by atoms with Crippen molar-refractivity contribution in [3.63, 3.8) is 0 Å². The molecule has 1 aliphatic rings. The molecule has 0 saturated heterocycles. The first kappa shape index (κ1) is 12.0. The molecule has 1 heterocycles. The van der Waals surface area contributed by atoms with Crippen molar-refractivity contribution in [2.75, 3.05) is 0 Å². The number of amides is 1. The smallest absolute Gasteiger partial charge is 0.293 e. The summed E-state index contributed by atoms with van der Waals surface area (Å²) < 4.78 is 0. The van der Waals surface area contributed by atoms with Gasteiger partial charge in [0.2, 0.25) is 0 Å². The monoisotopic (exact) mass is 237 g/mol. The van der Waals surface area contributed by atoms with Crippen LogP contribution in [0, 0.1) is 5.92 Å². The van der Waals surface area contributed by atoms with Gasteiger partial charge in [-0.05, 0) is 30.4 Å². The zero-order valence-corrected chi connectivity index (χ0v) is 10.1. The first-order valence-corrected chi connectivity index (χ1v) is 6.35. The molecule has 0 bridgehead atoms. The summed E-state index contributed by atoms with van der Waals surface area (Å²) in [7, 11) is 0. The van der Waals surface area contributed by atoms with E-state index in [0.29, 0.717) is 5.92 Å². The van der Waals surface area contributed by atoms with Crippen molar-refractivity contribution >= 4 is 5.91 Å². The lowest BCUT2D eigenvalue weighted by atomic mass is 9.83. The van der Waals surface area contributed by atoms with Crippen LogP contribution >= 0.6 is 0 Å². The van der Waals surface area contributed by atoms with E-state index in [1.807, 2.05) is 0 Å². The number of aromatic nitrogens is 4. The molecule has 17 heavy (non-hydrogen) atoms. The Morgan fingerprint density at radius 2 is 2.24 bits per heavy atom. The van der Waals surface area contributed by atoms with Crippen molar-refractivity contribution in [2.45, 2.75) is 51.5 Å². The highest BCUT2D eigenvalue weighted by molar-refractivity contribution is 5.90. The lowest BCUT2D eigenvalue weighted by Crippen LogP contribution is -2.41. The van der Waals surface area contributed by atoms with Gasteiger partial charge < -0.3 is 5.32 Å². The molecule has 1 aliphatic carbocycles. The lowest BCUT2D eigenvalue weighted by molar-refractivity contribution is 0.0900. The van der Waals surface area contributed by atoms with Crippen molar-refractivity contribution in [3.05, 3.63) is 5.82 Å². The number of carbonyl (C=O) groups is 1. The van der Waals surface area contributed by atoms with Gasteiger partial charge in [-0.1, -0.05) is 26.2 Å². The number of nitrogens with one attached hydrogen (secondary N) is 2. The van der Waals surface area contributed by atoms with Crippen LogP contribution in [0.15, 0.2) is 0 Å². The molecule has 1 aromatic heterocycles. The van der Waals surface area contributed by atoms with E-state index in [4.69, 9.17) is 0 Å². The highest BCUT2D eigenvalue weighted by Gasteiger charge is 2.25. The van der Waals surface area contributed by atoms with Crippen LogP contribution in [0.4, 0.5) is 0 Å². The van der Waals surface area contributed by atoms with Crippen molar-refractivity contribution in [3.8, 4) is 0 Å². The van der Waals surface area contributed by atoms with E-state index in [2.05, 4.69) is 32.9 Å². The zero-order chi connectivity index (χ0) is 12.1. The van der Waals surface area contributed by atoms with E-state index >= 15 is 0 Å². The predicted molar refractivity (Wildman–Crippen MR) is 62.3 cm³/mol. The Balaban J connectivity index is 1.92. The van der Waals surface area contributed by atoms with Gasteiger partial charge in [0.05, 0.1) is 0 Å². The maximum absolute atomic E-state index is 11.8. The minimum Gasteiger partial charge on any atom is -0.346 e. The summed E-state index contributed by atoms with van der Waals surface area (Å²) >= 11 is 0. The third-order valence-corrected chi connectivity index (χ3v) is 3.52. The minimum absolute atomic E-state index is 0.124. The Bertz CT molecular complexity index is 345. The van der Waals surface area contributed by atoms with Crippen LogP contribution in [0.3, 0.4) is 0 Å². The Morgan fingerprint density at radius 3 is 2.82 bits per heavy atom. The fourth-order valence-electron chi connectivity index (χ4n) is 2.58. The number of carbonyl (C=O) groups excluding carboxylic acids is 1. The number of H-pyrrole nitrogens is 1. The second-order valence-electron chi connectivity index (χ2n) is 4.62. The molecule has 0 aromatic carbocycles. The molecule has 1 unspecified atom stereocenters. The van der Waals surface area contributed by atoms with E-state index < -0.39 is 0 Å². The maximum atomic E-state index is 11.8. The molecule has 1 saturated carbocycles. The Labute approximate surface area is 101 Å². The molecule has 2 rings (SSSR count). The molecule has 0 aliphatic heterocycles. The number of hydrogen-bond donors (Lipinski definition) is 2. The van der Waals surface area contributed by atoms with Gasteiger partial charge in [0.25, 0.3) is 11.7 Å². The molecule has 1 fully saturated rings. The Hall–Kier alpha value is -1.46. The highest BCUT2D eigenvalue weighted by atomic mass is 16.2. The SMILES string of the molecule is CCC(NC(=O)c1nn[nH]n1)C1CCCCC1. The van der Waals surface area contributed by atoms with Crippen LogP contribution in [-0.2, 0) is 0 Å². The largest absolute Gasteiger partial charge is 0.346 e. The fourth-order valence-corrected chi connectivity index (χ4v) is 2.58. The molecule has 0 spiro atoms. The van der Waals surface area contributed by atoms with Gasteiger partial charge >= 0.3 is 0 Å². The molecular formula is C11H19N5O. The van der Waals surface area contributed by atoms with Crippen LogP contribution in [0.2, 0.25) is 0 Å². The predicted octanol–water partition coefficient (Wildman–Crippen LogP) is 1.29. The molecule has 94 valence electrons. The van der Waals surface area contributed by atoms with Crippen LogP contribution in [0.25, 0.3) is 0 Å². The van der Waals surface area contributed by atoms with Gasteiger partial charge in [0.15, 0.2) is 0 Å². The normalized spacial score (nSPS) is 18.9. The van der Waals surface area contributed by atoms with Gasteiger partial charge in [-0.25, -0.2) is 0 Å². The van der Waals surface area contributed by atoms with Crippen LogP contribution < -0.4 is 5.32 Å². The third-order valence-electron chi connectivity index (χ3n) is 3.52. The summed E-state index contributed by atoms with van der Waals surface area (Å²) in [5.74, 6) is 0.500. The van der Waals surface area contributed by atoms with Gasteiger partial charge in [0, 0.05) is 6.04 Å². The van der Waals surface area contributed by atoms with E-state index in [-0.39, 0.29) is 17.8 Å². The Kier molecular flexibility index (Phi) is 4.06. The van der Waals surface area contributed by atoms with Crippen LogP contribution in [-0.4, -0.2) is 32.6 Å². The summed E-state index contributed by atoms with van der Waals surface area (Å²) in [6.07, 6.45) is 7.26. The molecular weight excluding hydrogens is 218 g/mol. The first-order valence-electron chi connectivity index (χ1n) is 6.35. The average molecular weight is 237 g/mol. The van der Waals surface area contributed by atoms with Gasteiger partial charge in [-0.2, -0.15) is 5.21 Å². The summed E-state index contributed by atoms with van der Waals surface area (Å²) in [6, 6.07) is 0.237. The quantitative estimate of drug-likeness (QED) is 0.826. The first-order chi connectivity index (χ1) is 8.31. The van der Waals surface area contributed by atoms with Crippen LogP contribution in [0.1, 0.15) is 56.1 Å². The average Bonchev–Trinajstić information content (AvgIpc) is 2.90. The van der Waals surface area contributed by atoms with Gasteiger partial charge in [-0.15, -0.1) is 10.2 Å². The molecule has 1 amide bonds. The summed E-state index contributed by atoms with van der Waals surface area (Å²) in [5, 5.41) is 16.1. The minimum atomic E-state index is -0.226. The molecule has 6 nitrogen and oxygen atoms in total. The fraction of sp³-hybridized carbons (Fsp3) is 0.818. The number of aromatic amines is 1. The van der Waals surface area contributed by atoms with Crippen molar-refractivity contribution < 1.29 is 4.79 Å². The summed E-state index contributed by atoms with van der Waals surface area (Å²) in [5.41, 5.74) is 0. The van der Waals surface area contributed by atoms with E-state index in [9.17, 15) is 4.79 Å². The molecule has 2 N–H and O–H groups in total. The number of nitrogens with zero attached hydrogens (tertiary/aromatic N) is 3. The van der Waals surface area contributed by atoms with E-state index in [1.165, 1.54) is 32.1 Å². The second-order valence-corrected chi connectivity index (χ2v) is 4.62. The zero-order valence-electron chi connectivity index (χ0n) is 10.1. The van der Waals surface area contributed by atoms with Gasteiger partial charge in [0.1, 0.15) is 0 Å². The second kappa shape index (κ2) is 5.75. The summed E-state index contributed by atoms with van der Waals surface area (Å²) in [6.45, 7) is 2.11.